The fraction of sp³-hybridized carbons (Fsp3) is 0.455. The van der Waals surface area contributed by atoms with E-state index in [0.717, 1.165) is 17.5 Å². The predicted octanol–water partition coefficient (Wildman–Crippen LogP) is 3.30. The minimum absolute atomic E-state index is 0.0179. The third kappa shape index (κ3) is 2.31. The molecule has 0 spiro atoms. The maximum Gasteiger partial charge on any atom is 0.152 e. The predicted molar refractivity (Wildman–Crippen MR) is 56.8 cm³/mol. The van der Waals surface area contributed by atoms with Crippen LogP contribution in [0.5, 0.6) is 5.75 Å². The summed E-state index contributed by atoms with van der Waals surface area (Å²) in [6.07, 6.45) is 0.896. The second kappa shape index (κ2) is 4.22. The number of benzene rings is 1. The van der Waals surface area contributed by atoms with Crippen LogP contribution in [0.2, 0.25) is 0 Å². The molecule has 14 heavy (non-hydrogen) atoms. The van der Waals surface area contributed by atoms with Gasteiger partial charge in [-0.1, -0.05) is 19.9 Å². The van der Waals surface area contributed by atoms with Crippen molar-refractivity contribution in [2.24, 2.45) is 11.1 Å². The van der Waals surface area contributed by atoms with E-state index in [2.05, 4.69) is 19.0 Å². The van der Waals surface area contributed by atoms with Crippen molar-refractivity contribution >= 4 is 5.69 Å². The number of aromatic hydroxyl groups is 1. The van der Waals surface area contributed by atoms with Gasteiger partial charge < -0.3 is 5.11 Å². The molecule has 3 heteroatoms. The van der Waals surface area contributed by atoms with Gasteiger partial charge in [0, 0.05) is 0 Å². The van der Waals surface area contributed by atoms with E-state index < -0.39 is 0 Å². The molecule has 1 N–H and O–H groups in total. The third-order valence-electron chi connectivity index (χ3n) is 2.08. The van der Waals surface area contributed by atoms with Crippen LogP contribution in [0.25, 0.3) is 0 Å². The van der Waals surface area contributed by atoms with Crippen molar-refractivity contribution in [3.8, 4) is 5.75 Å². The second-order valence-corrected chi connectivity index (χ2v) is 3.97. The Morgan fingerprint density at radius 2 is 2.07 bits per heavy atom. The Hall–Kier alpha value is -1.38. The number of hydrogen-bond acceptors (Lipinski definition) is 3. The minimum Gasteiger partial charge on any atom is -0.506 e. The molecule has 0 amide bonds. The summed E-state index contributed by atoms with van der Waals surface area (Å²) in [5.74, 6) is 0.513. The Morgan fingerprint density at radius 3 is 2.50 bits per heavy atom. The zero-order chi connectivity index (χ0) is 10.7. The first-order valence-electron chi connectivity index (χ1n) is 4.70. The molecule has 0 unspecified atom stereocenters. The maximum absolute atomic E-state index is 10.4. The van der Waals surface area contributed by atoms with Crippen LogP contribution in [-0.2, 0) is 6.42 Å². The van der Waals surface area contributed by atoms with Crippen molar-refractivity contribution in [2.75, 3.05) is 0 Å². The summed E-state index contributed by atoms with van der Waals surface area (Å²) in [5.41, 5.74) is 1.93. The van der Waals surface area contributed by atoms with Crippen molar-refractivity contribution < 1.29 is 5.11 Å². The molecule has 0 heterocycles. The molecule has 0 bridgehead atoms. The standard InChI is InChI=1S/C11H15NO2/c1-7(2)4-9-5-8(3)11(12-14)10(13)6-9/h5-7,13H,4H2,1-3H3. The average molecular weight is 193 g/mol. The largest absolute Gasteiger partial charge is 0.506 e. The number of nitrogens with zero attached hydrogens (tertiary/aromatic N) is 1. The van der Waals surface area contributed by atoms with Gasteiger partial charge >= 0.3 is 0 Å². The van der Waals surface area contributed by atoms with Gasteiger partial charge in [-0.2, -0.15) is 0 Å². The van der Waals surface area contributed by atoms with Crippen LogP contribution in [0.1, 0.15) is 25.0 Å². The fourth-order valence-electron chi connectivity index (χ4n) is 1.54. The highest BCUT2D eigenvalue weighted by atomic mass is 16.3. The zero-order valence-corrected chi connectivity index (χ0v) is 8.74. The van der Waals surface area contributed by atoms with Crippen molar-refractivity contribution in [3.63, 3.8) is 0 Å². The lowest BCUT2D eigenvalue weighted by atomic mass is 10.00. The van der Waals surface area contributed by atoms with Gasteiger partial charge in [-0.05, 0) is 41.6 Å². The van der Waals surface area contributed by atoms with E-state index in [1.807, 2.05) is 6.07 Å². The topological polar surface area (TPSA) is 49.7 Å². The van der Waals surface area contributed by atoms with Crippen molar-refractivity contribution in [1.29, 1.82) is 0 Å². The molecule has 0 aliphatic heterocycles. The smallest absolute Gasteiger partial charge is 0.152 e. The van der Waals surface area contributed by atoms with Gasteiger partial charge in [-0.3, -0.25) is 0 Å². The molecule has 1 aromatic rings. The summed E-state index contributed by atoms with van der Waals surface area (Å²) in [7, 11) is 0. The van der Waals surface area contributed by atoms with Gasteiger partial charge in [0.05, 0.1) is 0 Å². The van der Waals surface area contributed by atoms with Gasteiger partial charge in [0.2, 0.25) is 0 Å². The lowest BCUT2D eigenvalue weighted by Crippen LogP contribution is -1.94. The summed E-state index contributed by atoms with van der Waals surface area (Å²) in [6, 6.07) is 3.51. The van der Waals surface area contributed by atoms with Crippen molar-refractivity contribution in [3.05, 3.63) is 28.2 Å². The normalized spacial score (nSPS) is 10.6. The minimum atomic E-state index is -0.0179. The number of nitroso groups, excluding NO2 is 1. The van der Waals surface area contributed by atoms with Crippen LogP contribution >= 0.6 is 0 Å². The van der Waals surface area contributed by atoms with E-state index in [1.165, 1.54) is 0 Å². The third-order valence-corrected chi connectivity index (χ3v) is 2.08. The Bertz CT molecular complexity index is 322. The maximum atomic E-state index is 10.4. The Kier molecular flexibility index (Phi) is 3.23. The molecule has 0 aliphatic carbocycles. The lowest BCUT2D eigenvalue weighted by molar-refractivity contribution is 0.475. The summed E-state index contributed by atoms with van der Waals surface area (Å²) >= 11 is 0. The van der Waals surface area contributed by atoms with E-state index in [1.54, 1.807) is 13.0 Å². The number of aryl methyl sites for hydroxylation is 1. The van der Waals surface area contributed by atoms with Crippen LogP contribution in [0.4, 0.5) is 5.69 Å². The highest BCUT2D eigenvalue weighted by Crippen LogP contribution is 2.31. The molecular weight excluding hydrogens is 178 g/mol. The zero-order valence-electron chi connectivity index (χ0n) is 8.74. The summed E-state index contributed by atoms with van der Waals surface area (Å²) in [4.78, 5) is 10.4. The Morgan fingerprint density at radius 1 is 1.43 bits per heavy atom. The van der Waals surface area contributed by atoms with Crippen LogP contribution in [0.15, 0.2) is 17.3 Å². The van der Waals surface area contributed by atoms with Crippen LogP contribution < -0.4 is 0 Å². The first kappa shape index (κ1) is 10.7. The molecule has 0 aromatic heterocycles. The molecule has 3 nitrogen and oxygen atoms in total. The van der Waals surface area contributed by atoms with E-state index in [4.69, 9.17) is 0 Å². The van der Waals surface area contributed by atoms with Crippen molar-refractivity contribution in [2.45, 2.75) is 27.2 Å². The number of phenols is 1. The first-order valence-corrected chi connectivity index (χ1v) is 4.70. The summed E-state index contributed by atoms with van der Waals surface area (Å²) < 4.78 is 0. The van der Waals surface area contributed by atoms with Gasteiger partial charge in [-0.25, -0.2) is 0 Å². The van der Waals surface area contributed by atoms with Gasteiger partial charge in [0.1, 0.15) is 5.75 Å². The van der Waals surface area contributed by atoms with Gasteiger partial charge in [0.25, 0.3) is 0 Å². The molecule has 1 rings (SSSR count). The van der Waals surface area contributed by atoms with Crippen LogP contribution in [-0.4, -0.2) is 5.11 Å². The number of rotatable bonds is 3. The fourth-order valence-corrected chi connectivity index (χ4v) is 1.54. The highest BCUT2D eigenvalue weighted by molar-refractivity contribution is 5.58. The average Bonchev–Trinajstić information content (AvgIpc) is 2.01. The molecule has 0 atom stereocenters. The molecule has 0 fully saturated rings. The summed E-state index contributed by atoms with van der Waals surface area (Å²) in [6.45, 7) is 6.00. The quantitative estimate of drug-likeness (QED) is 0.749. The van der Waals surface area contributed by atoms with E-state index >= 15 is 0 Å². The van der Waals surface area contributed by atoms with Crippen LogP contribution in [0, 0.1) is 17.7 Å². The number of phenolic OH excluding ortho intramolecular Hbond substituents is 1. The molecule has 0 radical (unpaired) electrons. The van der Waals surface area contributed by atoms with Gasteiger partial charge in [-0.15, -0.1) is 4.91 Å². The second-order valence-electron chi connectivity index (χ2n) is 3.97. The molecular formula is C11H15NO2. The van der Waals surface area contributed by atoms with Crippen LogP contribution in [0.3, 0.4) is 0 Å². The molecule has 0 saturated heterocycles. The molecule has 0 saturated carbocycles. The Balaban J connectivity index is 3.07. The van der Waals surface area contributed by atoms with Gasteiger partial charge in [0.15, 0.2) is 5.69 Å². The lowest BCUT2D eigenvalue weighted by Gasteiger charge is -2.08. The van der Waals surface area contributed by atoms with E-state index in [9.17, 15) is 10.0 Å². The van der Waals surface area contributed by atoms with E-state index in [0.29, 0.717) is 5.92 Å². The number of hydrogen-bond donors (Lipinski definition) is 1. The first-order chi connectivity index (χ1) is 6.54. The van der Waals surface area contributed by atoms with Crippen molar-refractivity contribution in [1.82, 2.24) is 0 Å². The molecule has 76 valence electrons. The highest BCUT2D eigenvalue weighted by Gasteiger charge is 2.08. The van der Waals surface area contributed by atoms with E-state index in [-0.39, 0.29) is 11.4 Å². The molecule has 1 aromatic carbocycles. The molecule has 0 aliphatic rings. The summed E-state index contributed by atoms with van der Waals surface area (Å²) in [5, 5.41) is 12.3. The monoisotopic (exact) mass is 193 g/mol. The SMILES string of the molecule is Cc1cc(CC(C)C)cc(O)c1N=O. The Labute approximate surface area is 83.7 Å².